The summed E-state index contributed by atoms with van der Waals surface area (Å²) < 4.78 is 0. The molecule has 0 aromatic carbocycles. The molecule has 0 aliphatic heterocycles. The summed E-state index contributed by atoms with van der Waals surface area (Å²) in [5.74, 6) is 0.326. The average molecular weight is 218 g/mol. The van der Waals surface area contributed by atoms with Crippen molar-refractivity contribution in [3.63, 3.8) is 0 Å². The van der Waals surface area contributed by atoms with E-state index in [1.165, 1.54) is 5.56 Å². The van der Waals surface area contributed by atoms with Gasteiger partial charge in [0.15, 0.2) is 0 Å². The minimum atomic E-state index is 0.251. The first kappa shape index (κ1) is 11.3. The lowest BCUT2D eigenvalue weighted by molar-refractivity contribution is 0.246. The molecule has 1 aromatic heterocycles. The van der Waals surface area contributed by atoms with Gasteiger partial charge in [-0.2, -0.15) is 0 Å². The van der Waals surface area contributed by atoms with Crippen molar-refractivity contribution < 1.29 is 5.11 Å². The number of aliphatic hydroxyl groups is 1. The van der Waals surface area contributed by atoms with E-state index in [4.69, 9.17) is 5.11 Å². The van der Waals surface area contributed by atoms with Gasteiger partial charge >= 0.3 is 0 Å². The van der Waals surface area contributed by atoms with Gasteiger partial charge in [-0.15, -0.1) is 0 Å². The fourth-order valence-electron chi connectivity index (χ4n) is 2.01. The third-order valence-corrected chi connectivity index (χ3v) is 3.08. The van der Waals surface area contributed by atoms with Gasteiger partial charge in [-0.3, -0.25) is 4.98 Å². The number of pyridine rings is 1. The molecule has 0 bridgehead atoms. The fourth-order valence-corrected chi connectivity index (χ4v) is 2.01. The molecular formula is C13H18N2O. The Morgan fingerprint density at radius 3 is 3.06 bits per heavy atom. The summed E-state index contributed by atoms with van der Waals surface area (Å²) >= 11 is 0. The first-order chi connectivity index (χ1) is 7.79. The molecule has 2 rings (SSSR count). The van der Waals surface area contributed by atoms with Crippen LogP contribution >= 0.6 is 0 Å². The third-order valence-electron chi connectivity index (χ3n) is 3.08. The van der Waals surface area contributed by atoms with E-state index >= 15 is 0 Å². The Kier molecular flexibility index (Phi) is 3.70. The van der Waals surface area contributed by atoms with E-state index in [1.807, 2.05) is 19.2 Å². The first-order valence-electron chi connectivity index (χ1n) is 5.72. The summed E-state index contributed by atoms with van der Waals surface area (Å²) in [7, 11) is 0. The molecule has 0 fully saturated rings. The van der Waals surface area contributed by atoms with Crippen LogP contribution in [0.15, 0.2) is 30.5 Å². The van der Waals surface area contributed by atoms with Crippen molar-refractivity contribution in [3.8, 4) is 0 Å². The number of aromatic nitrogens is 1. The monoisotopic (exact) mass is 218 g/mol. The van der Waals surface area contributed by atoms with Crippen LogP contribution in [-0.2, 0) is 6.54 Å². The zero-order chi connectivity index (χ0) is 11.4. The maximum absolute atomic E-state index is 9.02. The van der Waals surface area contributed by atoms with Gasteiger partial charge in [0.1, 0.15) is 0 Å². The van der Waals surface area contributed by atoms with Gasteiger partial charge in [0.25, 0.3) is 0 Å². The lowest BCUT2D eigenvalue weighted by atomic mass is 10.1. The predicted octanol–water partition coefficient (Wildman–Crippen LogP) is 1.42. The molecule has 2 atom stereocenters. The van der Waals surface area contributed by atoms with Crippen LogP contribution in [0.1, 0.15) is 17.7 Å². The second kappa shape index (κ2) is 5.23. The van der Waals surface area contributed by atoms with Crippen molar-refractivity contribution in [2.24, 2.45) is 5.92 Å². The van der Waals surface area contributed by atoms with Gasteiger partial charge < -0.3 is 10.4 Å². The van der Waals surface area contributed by atoms with Crippen LogP contribution in [0.5, 0.6) is 0 Å². The zero-order valence-corrected chi connectivity index (χ0v) is 9.56. The molecular weight excluding hydrogens is 200 g/mol. The maximum atomic E-state index is 9.02. The highest BCUT2D eigenvalue weighted by atomic mass is 16.3. The molecule has 2 N–H and O–H groups in total. The summed E-state index contributed by atoms with van der Waals surface area (Å²) in [5, 5.41) is 12.5. The number of rotatable bonds is 4. The highest BCUT2D eigenvalue weighted by Crippen LogP contribution is 2.17. The van der Waals surface area contributed by atoms with Gasteiger partial charge in [-0.25, -0.2) is 0 Å². The molecule has 0 spiro atoms. The topological polar surface area (TPSA) is 45.2 Å². The van der Waals surface area contributed by atoms with E-state index in [-0.39, 0.29) is 6.61 Å². The van der Waals surface area contributed by atoms with Crippen molar-refractivity contribution in [2.75, 3.05) is 6.61 Å². The summed E-state index contributed by atoms with van der Waals surface area (Å²) in [6.07, 6.45) is 7.05. The van der Waals surface area contributed by atoms with Crippen molar-refractivity contribution >= 4 is 0 Å². The summed E-state index contributed by atoms with van der Waals surface area (Å²) in [6, 6.07) is 4.44. The van der Waals surface area contributed by atoms with Crippen LogP contribution < -0.4 is 5.32 Å². The number of hydrogen-bond donors (Lipinski definition) is 2. The average Bonchev–Trinajstić information content (AvgIpc) is 2.76. The molecule has 16 heavy (non-hydrogen) atoms. The molecule has 1 heterocycles. The van der Waals surface area contributed by atoms with Gasteiger partial charge in [-0.1, -0.05) is 18.2 Å². The van der Waals surface area contributed by atoms with E-state index in [0.717, 1.165) is 18.7 Å². The molecule has 1 aliphatic rings. The highest BCUT2D eigenvalue weighted by Gasteiger charge is 2.17. The largest absolute Gasteiger partial charge is 0.396 e. The predicted molar refractivity (Wildman–Crippen MR) is 63.9 cm³/mol. The third kappa shape index (κ3) is 2.68. The van der Waals surface area contributed by atoms with Crippen molar-refractivity contribution in [2.45, 2.75) is 25.9 Å². The Morgan fingerprint density at radius 2 is 2.38 bits per heavy atom. The van der Waals surface area contributed by atoms with Gasteiger partial charge in [0, 0.05) is 37.0 Å². The number of nitrogens with one attached hydrogen (secondary N) is 1. The SMILES string of the molecule is Cc1ncccc1CN[C@@H]1C=C[C@H](CO)C1. The number of hydrogen-bond acceptors (Lipinski definition) is 3. The number of aryl methyl sites for hydroxylation is 1. The highest BCUT2D eigenvalue weighted by molar-refractivity contribution is 5.18. The summed E-state index contributed by atoms with van der Waals surface area (Å²) in [5.41, 5.74) is 2.32. The second-order valence-electron chi connectivity index (χ2n) is 4.30. The van der Waals surface area contributed by atoms with Gasteiger partial charge in [-0.05, 0) is 25.0 Å². The van der Waals surface area contributed by atoms with E-state index in [1.54, 1.807) is 0 Å². The molecule has 0 amide bonds. The molecule has 86 valence electrons. The van der Waals surface area contributed by atoms with Gasteiger partial charge in [0.2, 0.25) is 0 Å². The number of nitrogens with zero attached hydrogens (tertiary/aromatic N) is 1. The van der Waals surface area contributed by atoms with Crippen LogP contribution in [0, 0.1) is 12.8 Å². The smallest absolute Gasteiger partial charge is 0.0494 e. The Balaban J connectivity index is 1.85. The fraction of sp³-hybridized carbons (Fsp3) is 0.462. The standard InChI is InChI=1S/C13H18N2O/c1-10-12(3-2-6-14-10)8-15-13-5-4-11(7-13)9-16/h2-6,11,13,15-16H,7-9H2,1H3/t11-,13+/m0/s1. The van der Waals surface area contributed by atoms with Crippen LogP contribution in [0.2, 0.25) is 0 Å². The van der Waals surface area contributed by atoms with Crippen LogP contribution in [0.25, 0.3) is 0 Å². The quantitative estimate of drug-likeness (QED) is 0.751. The van der Waals surface area contributed by atoms with E-state index < -0.39 is 0 Å². The zero-order valence-electron chi connectivity index (χ0n) is 9.56. The number of aliphatic hydroxyl groups excluding tert-OH is 1. The summed E-state index contributed by atoms with van der Waals surface area (Å²) in [6.45, 7) is 3.12. The Bertz CT molecular complexity index is 376. The normalized spacial score (nSPS) is 23.9. The van der Waals surface area contributed by atoms with Crippen molar-refractivity contribution in [3.05, 3.63) is 41.7 Å². The first-order valence-corrected chi connectivity index (χ1v) is 5.72. The molecule has 0 radical (unpaired) electrons. The van der Waals surface area contributed by atoms with Crippen LogP contribution in [-0.4, -0.2) is 22.7 Å². The lowest BCUT2D eigenvalue weighted by Crippen LogP contribution is -2.26. The Labute approximate surface area is 96.2 Å². The molecule has 0 unspecified atom stereocenters. The summed E-state index contributed by atoms with van der Waals surface area (Å²) in [4.78, 5) is 4.26. The molecule has 0 saturated carbocycles. The molecule has 3 nitrogen and oxygen atoms in total. The molecule has 1 aromatic rings. The molecule has 3 heteroatoms. The second-order valence-corrected chi connectivity index (χ2v) is 4.30. The van der Waals surface area contributed by atoms with E-state index in [9.17, 15) is 0 Å². The maximum Gasteiger partial charge on any atom is 0.0494 e. The van der Waals surface area contributed by atoms with Crippen LogP contribution in [0.4, 0.5) is 0 Å². The minimum Gasteiger partial charge on any atom is -0.396 e. The molecule has 0 saturated heterocycles. The minimum absolute atomic E-state index is 0.251. The van der Waals surface area contributed by atoms with E-state index in [2.05, 4.69) is 28.5 Å². The van der Waals surface area contributed by atoms with Crippen molar-refractivity contribution in [1.82, 2.24) is 10.3 Å². The van der Waals surface area contributed by atoms with Crippen LogP contribution in [0.3, 0.4) is 0 Å². The van der Waals surface area contributed by atoms with Crippen molar-refractivity contribution in [1.29, 1.82) is 0 Å². The Hall–Kier alpha value is -1.19. The van der Waals surface area contributed by atoms with Gasteiger partial charge in [0.05, 0.1) is 0 Å². The van der Waals surface area contributed by atoms with E-state index in [0.29, 0.717) is 12.0 Å². The lowest BCUT2D eigenvalue weighted by Gasteiger charge is -2.13. The molecule has 1 aliphatic carbocycles. The Morgan fingerprint density at radius 1 is 1.50 bits per heavy atom.